The number of anilines is 1. The summed E-state index contributed by atoms with van der Waals surface area (Å²) in [4.78, 5) is 37.1. The fourth-order valence-corrected chi connectivity index (χ4v) is 6.55. The number of esters is 1. The van der Waals surface area contributed by atoms with Crippen LogP contribution in [0.2, 0.25) is 0 Å². The Hall–Kier alpha value is -2.38. The van der Waals surface area contributed by atoms with E-state index < -0.39 is 18.0 Å². The third-order valence-corrected chi connectivity index (χ3v) is 7.57. The monoisotopic (exact) mass is 430 g/mol. The van der Waals surface area contributed by atoms with Crippen molar-refractivity contribution in [3.63, 3.8) is 0 Å². The minimum absolute atomic E-state index is 0.0855. The first kappa shape index (κ1) is 21.8. The third-order valence-electron chi connectivity index (χ3n) is 7.57. The maximum atomic E-state index is 12.6. The zero-order chi connectivity index (χ0) is 22.3. The Bertz CT molecular complexity index is 855. The Labute approximate surface area is 183 Å². The first-order chi connectivity index (χ1) is 14.6. The second-order valence-electron chi connectivity index (χ2n) is 10.2. The molecule has 1 atom stereocenters. The quantitative estimate of drug-likeness (QED) is 0.648. The van der Waals surface area contributed by atoms with E-state index in [1.807, 2.05) is 6.92 Å². The lowest BCUT2D eigenvalue weighted by Crippen LogP contribution is -2.48. The summed E-state index contributed by atoms with van der Waals surface area (Å²) in [6.07, 6.45) is 7.01. The van der Waals surface area contributed by atoms with Crippen LogP contribution in [0.4, 0.5) is 5.69 Å². The number of hydrogen-bond donors (Lipinski definition) is 2. The molecule has 2 N–H and O–H groups in total. The third kappa shape index (κ3) is 4.62. The van der Waals surface area contributed by atoms with Gasteiger partial charge in [0.2, 0.25) is 5.91 Å². The number of amides is 2. The lowest BCUT2D eigenvalue weighted by atomic mass is 9.49. The molecule has 4 aliphatic rings. The van der Waals surface area contributed by atoms with Crippen LogP contribution in [0.3, 0.4) is 0 Å². The van der Waals surface area contributed by atoms with Crippen molar-refractivity contribution in [2.75, 3.05) is 11.9 Å². The molecule has 8 heteroatoms. The predicted molar refractivity (Wildman–Crippen MR) is 115 cm³/mol. The molecule has 0 spiro atoms. The minimum atomic E-state index is -0.966. The Kier molecular flexibility index (Phi) is 5.83. The molecule has 0 aliphatic heterocycles. The maximum absolute atomic E-state index is 12.6. The van der Waals surface area contributed by atoms with Crippen molar-refractivity contribution < 1.29 is 19.1 Å². The molecule has 4 fully saturated rings. The highest BCUT2D eigenvalue weighted by Crippen LogP contribution is 2.61. The summed E-state index contributed by atoms with van der Waals surface area (Å²) in [6.45, 7) is 4.96. The molecule has 4 bridgehead atoms. The normalized spacial score (nSPS) is 29.5. The van der Waals surface area contributed by atoms with Crippen LogP contribution in [-0.2, 0) is 26.2 Å². The summed E-state index contributed by atoms with van der Waals surface area (Å²) in [5.74, 6) is 1.24. The summed E-state index contributed by atoms with van der Waals surface area (Å²) in [5.41, 5.74) is 2.28. The smallest absolute Gasteiger partial charge is 0.326 e. The summed E-state index contributed by atoms with van der Waals surface area (Å²) in [5, 5.41) is 9.74. The molecule has 0 radical (unpaired) electrons. The van der Waals surface area contributed by atoms with Gasteiger partial charge in [-0.2, -0.15) is 5.10 Å². The van der Waals surface area contributed by atoms with Gasteiger partial charge in [-0.1, -0.05) is 0 Å². The zero-order valence-corrected chi connectivity index (χ0v) is 19.0. The molecule has 4 saturated carbocycles. The van der Waals surface area contributed by atoms with Crippen LogP contribution in [0.15, 0.2) is 0 Å². The highest BCUT2D eigenvalue weighted by molar-refractivity contribution is 5.96. The van der Waals surface area contributed by atoms with Crippen molar-refractivity contribution in [3.8, 4) is 0 Å². The van der Waals surface area contributed by atoms with Gasteiger partial charge < -0.3 is 15.4 Å². The number of rotatable bonds is 7. The predicted octanol–water partition coefficient (Wildman–Crippen LogP) is 2.63. The van der Waals surface area contributed by atoms with Crippen molar-refractivity contribution in [1.82, 2.24) is 15.1 Å². The second-order valence-corrected chi connectivity index (χ2v) is 10.2. The number of ether oxygens (including phenoxy) is 1. The van der Waals surface area contributed by atoms with Gasteiger partial charge in [0, 0.05) is 13.5 Å². The van der Waals surface area contributed by atoms with Gasteiger partial charge in [-0.25, -0.2) is 0 Å². The number of aryl methyl sites for hydroxylation is 2. The van der Waals surface area contributed by atoms with E-state index in [2.05, 4.69) is 15.7 Å². The van der Waals surface area contributed by atoms with Gasteiger partial charge in [-0.05, 0) is 82.5 Å². The van der Waals surface area contributed by atoms with Gasteiger partial charge in [0.25, 0.3) is 5.91 Å². The number of hydrogen-bond acceptors (Lipinski definition) is 5. The largest absolute Gasteiger partial charge is 0.451 e. The van der Waals surface area contributed by atoms with E-state index in [0.29, 0.717) is 17.8 Å². The van der Waals surface area contributed by atoms with Crippen LogP contribution in [0.25, 0.3) is 0 Å². The lowest BCUT2D eigenvalue weighted by molar-refractivity contribution is -0.153. The zero-order valence-electron chi connectivity index (χ0n) is 19.0. The lowest BCUT2D eigenvalue weighted by Gasteiger charge is -2.56. The fraction of sp³-hybridized carbons (Fsp3) is 0.739. The molecular formula is C23H34N4O4. The van der Waals surface area contributed by atoms with E-state index in [4.69, 9.17) is 4.74 Å². The first-order valence-electron chi connectivity index (χ1n) is 11.4. The Morgan fingerprint density at radius 1 is 1.13 bits per heavy atom. The number of carbonyl (C=O) groups excluding carboxylic acids is 3. The van der Waals surface area contributed by atoms with Gasteiger partial charge >= 0.3 is 5.97 Å². The molecule has 5 rings (SSSR count). The van der Waals surface area contributed by atoms with E-state index >= 15 is 0 Å². The molecular weight excluding hydrogens is 396 g/mol. The molecule has 170 valence electrons. The standard InChI is InChI=1S/C23H34N4O4/c1-13-21(14(2)27(4)26-13)25-22(30)15(3)31-20(29)12-24-19(28)11-23-8-16-5-17(9-23)7-18(6-16)10-23/h15-18H,5-12H2,1-4H3,(H,24,28)(H,25,30)/t15-,16?,17?,18?,23?/m0/s1. The molecule has 4 aliphatic carbocycles. The van der Waals surface area contributed by atoms with Gasteiger partial charge in [-0.3, -0.25) is 19.1 Å². The van der Waals surface area contributed by atoms with Gasteiger partial charge in [0.1, 0.15) is 6.54 Å². The van der Waals surface area contributed by atoms with Crippen LogP contribution in [0, 0.1) is 37.0 Å². The number of nitrogens with one attached hydrogen (secondary N) is 2. The molecule has 1 aromatic rings. The van der Waals surface area contributed by atoms with E-state index in [1.54, 1.807) is 18.7 Å². The van der Waals surface area contributed by atoms with E-state index in [1.165, 1.54) is 26.2 Å². The van der Waals surface area contributed by atoms with E-state index in [-0.39, 0.29) is 17.9 Å². The SMILES string of the molecule is Cc1nn(C)c(C)c1NC(=O)[C@H](C)OC(=O)CNC(=O)CC12CC3CC(CC(C3)C1)C2. The molecule has 1 heterocycles. The molecule has 0 unspecified atom stereocenters. The molecule has 8 nitrogen and oxygen atoms in total. The molecule has 31 heavy (non-hydrogen) atoms. The van der Waals surface area contributed by atoms with Gasteiger partial charge in [0.15, 0.2) is 6.10 Å². The van der Waals surface area contributed by atoms with Crippen LogP contribution < -0.4 is 10.6 Å². The summed E-state index contributed by atoms with van der Waals surface area (Å²) < 4.78 is 6.90. The highest BCUT2D eigenvalue weighted by Gasteiger charge is 2.51. The van der Waals surface area contributed by atoms with Gasteiger partial charge in [-0.15, -0.1) is 0 Å². The summed E-state index contributed by atoms with van der Waals surface area (Å²) in [7, 11) is 1.80. The number of carbonyl (C=O) groups is 3. The summed E-state index contributed by atoms with van der Waals surface area (Å²) >= 11 is 0. The van der Waals surface area contributed by atoms with Crippen LogP contribution >= 0.6 is 0 Å². The number of nitrogens with zero attached hydrogens (tertiary/aromatic N) is 2. The minimum Gasteiger partial charge on any atom is -0.451 e. The van der Waals surface area contributed by atoms with Gasteiger partial charge in [0.05, 0.1) is 17.1 Å². The van der Waals surface area contributed by atoms with Crippen LogP contribution in [-0.4, -0.2) is 40.2 Å². The van der Waals surface area contributed by atoms with Crippen molar-refractivity contribution in [2.45, 2.75) is 71.8 Å². The Morgan fingerprint density at radius 3 is 2.23 bits per heavy atom. The van der Waals surface area contributed by atoms with Crippen LogP contribution in [0.1, 0.15) is 63.3 Å². The van der Waals surface area contributed by atoms with E-state index in [9.17, 15) is 14.4 Å². The average molecular weight is 431 g/mol. The molecule has 0 saturated heterocycles. The Balaban J connectivity index is 1.22. The average Bonchev–Trinajstić information content (AvgIpc) is 2.91. The molecule has 0 aromatic carbocycles. The highest BCUT2D eigenvalue weighted by atomic mass is 16.5. The fourth-order valence-electron chi connectivity index (χ4n) is 6.55. The van der Waals surface area contributed by atoms with Crippen molar-refractivity contribution in [1.29, 1.82) is 0 Å². The maximum Gasteiger partial charge on any atom is 0.326 e. The first-order valence-corrected chi connectivity index (χ1v) is 11.4. The second kappa shape index (κ2) is 8.28. The topological polar surface area (TPSA) is 102 Å². The van der Waals surface area contributed by atoms with E-state index in [0.717, 1.165) is 42.7 Å². The molecule has 1 aromatic heterocycles. The Morgan fingerprint density at radius 2 is 1.71 bits per heavy atom. The van der Waals surface area contributed by atoms with Crippen molar-refractivity contribution >= 4 is 23.5 Å². The number of aromatic nitrogens is 2. The van der Waals surface area contributed by atoms with Crippen LogP contribution in [0.5, 0.6) is 0 Å². The van der Waals surface area contributed by atoms with Crippen molar-refractivity contribution in [3.05, 3.63) is 11.4 Å². The molecule has 2 amide bonds. The van der Waals surface area contributed by atoms with Crippen molar-refractivity contribution in [2.24, 2.45) is 30.2 Å². The summed E-state index contributed by atoms with van der Waals surface area (Å²) in [6, 6.07) is 0.